The van der Waals surface area contributed by atoms with Crippen LogP contribution in [0.5, 0.6) is 5.75 Å². The number of hydrogen-bond acceptors (Lipinski definition) is 2. The van der Waals surface area contributed by atoms with Gasteiger partial charge in [0.1, 0.15) is 12.4 Å². The summed E-state index contributed by atoms with van der Waals surface area (Å²) >= 11 is 10.6. The highest BCUT2D eigenvalue weighted by Gasteiger charge is 2.11. The second-order valence-electron chi connectivity index (χ2n) is 5.51. The monoisotopic (exact) mass is 523 g/mol. The van der Waals surface area contributed by atoms with Gasteiger partial charge in [0.25, 0.3) is 0 Å². The molecule has 0 bridgehead atoms. The van der Waals surface area contributed by atoms with Crippen molar-refractivity contribution in [2.45, 2.75) is 13.2 Å². The lowest BCUT2D eigenvalue weighted by atomic mass is 10.2. The Labute approximate surface area is 173 Å². The van der Waals surface area contributed by atoms with Crippen LogP contribution in [0.3, 0.4) is 0 Å². The SMILES string of the molecule is Brc1ccc(COc2c(Br)cc(Br)cc2CNc2ccccc2)cc1. The average molecular weight is 526 g/mol. The zero-order chi connectivity index (χ0) is 17.6. The van der Waals surface area contributed by atoms with Gasteiger partial charge in [-0.05, 0) is 57.9 Å². The van der Waals surface area contributed by atoms with Gasteiger partial charge in [-0.15, -0.1) is 0 Å². The predicted octanol–water partition coefficient (Wildman–Crippen LogP) is 7.17. The van der Waals surface area contributed by atoms with Gasteiger partial charge in [-0.25, -0.2) is 0 Å². The van der Waals surface area contributed by atoms with Gasteiger partial charge in [-0.2, -0.15) is 0 Å². The van der Waals surface area contributed by atoms with E-state index in [1.807, 2.05) is 36.4 Å². The molecule has 0 aliphatic heterocycles. The van der Waals surface area contributed by atoms with Crippen LogP contribution in [0.15, 0.2) is 80.1 Å². The van der Waals surface area contributed by atoms with Crippen LogP contribution in [0.1, 0.15) is 11.1 Å². The molecule has 0 aliphatic rings. The van der Waals surface area contributed by atoms with E-state index in [1.54, 1.807) is 0 Å². The summed E-state index contributed by atoms with van der Waals surface area (Å²) in [7, 11) is 0. The van der Waals surface area contributed by atoms with Crippen molar-refractivity contribution in [2.75, 3.05) is 5.32 Å². The van der Waals surface area contributed by atoms with Crippen molar-refractivity contribution in [3.63, 3.8) is 0 Å². The molecule has 5 heteroatoms. The molecule has 0 aromatic heterocycles. The van der Waals surface area contributed by atoms with E-state index in [0.717, 1.165) is 36.0 Å². The maximum atomic E-state index is 6.11. The van der Waals surface area contributed by atoms with Crippen molar-refractivity contribution in [3.8, 4) is 5.75 Å². The van der Waals surface area contributed by atoms with Gasteiger partial charge in [0.15, 0.2) is 0 Å². The first kappa shape index (κ1) is 18.5. The van der Waals surface area contributed by atoms with Gasteiger partial charge in [0, 0.05) is 26.7 Å². The van der Waals surface area contributed by atoms with E-state index in [9.17, 15) is 0 Å². The van der Waals surface area contributed by atoms with E-state index < -0.39 is 0 Å². The Balaban J connectivity index is 1.76. The highest BCUT2D eigenvalue weighted by molar-refractivity contribution is 9.11. The van der Waals surface area contributed by atoms with E-state index >= 15 is 0 Å². The second kappa shape index (κ2) is 8.88. The van der Waals surface area contributed by atoms with Crippen LogP contribution >= 0.6 is 47.8 Å². The third kappa shape index (κ3) is 5.33. The Morgan fingerprint density at radius 2 is 1.52 bits per heavy atom. The maximum Gasteiger partial charge on any atom is 0.139 e. The quantitative estimate of drug-likeness (QED) is 0.368. The molecule has 2 nitrogen and oxygen atoms in total. The minimum absolute atomic E-state index is 0.520. The lowest BCUT2D eigenvalue weighted by Gasteiger charge is -2.15. The molecule has 0 spiro atoms. The van der Waals surface area contributed by atoms with E-state index in [0.29, 0.717) is 13.2 Å². The number of para-hydroxylation sites is 1. The Morgan fingerprint density at radius 1 is 0.800 bits per heavy atom. The topological polar surface area (TPSA) is 21.3 Å². The molecule has 25 heavy (non-hydrogen) atoms. The minimum Gasteiger partial charge on any atom is -0.487 e. The summed E-state index contributed by atoms with van der Waals surface area (Å²) in [6.07, 6.45) is 0. The molecule has 0 saturated heterocycles. The normalized spacial score (nSPS) is 10.5. The van der Waals surface area contributed by atoms with E-state index in [4.69, 9.17) is 4.74 Å². The molecule has 0 saturated carbocycles. The van der Waals surface area contributed by atoms with Crippen LogP contribution in [0, 0.1) is 0 Å². The molecule has 0 atom stereocenters. The van der Waals surface area contributed by atoms with E-state index in [1.165, 1.54) is 0 Å². The van der Waals surface area contributed by atoms with Gasteiger partial charge in [0.2, 0.25) is 0 Å². The molecular formula is C20H16Br3NO. The number of rotatable bonds is 6. The van der Waals surface area contributed by atoms with Crippen LogP contribution in [0.4, 0.5) is 5.69 Å². The predicted molar refractivity (Wildman–Crippen MR) is 114 cm³/mol. The first-order valence-electron chi connectivity index (χ1n) is 7.76. The zero-order valence-corrected chi connectivity index (χ0v) is 18.1. The van der Waals surface area contributed by atoms with Crippen molar-refractivity contribution >= 4 is 53.5 Å². The molecule has 0 radical (unpaired) electrons. The molecule has 3 aromatic carbocycles. The summed E-state index contributed by atoms with van der Waals surface area (Å²) in [5.74, 6) is 0.856. The summed E-state index contributed by atoms with van der Waals surface area (Å²) in [5.41, 5.74) is 3.29. The fourth-order valence-electron chi connectivity index (χ4n) is 2.40. The molecule has 0 aliphatic carbocycles. The van der Waals surface area contributed by atoms with Crippen LogP contribution in [-0.2, 0) is 13.2 Å². The Bertz CT molecular complexity index is 836. The van der Waals surface area contributed by atoms with Gasteiger partial charge >= 0.3 is 0 Å². The number of halogens is 3. The number of nitrogens with one attached hydrogen (secondary N) is 1. The highest BCUT2D eigenvalue weighted by Crippen LogP contribution is 2.34. The summed E-state index contributed by atoms with van der Waals surface area (Å²) < 4.78 is 9.13. The molecule has 0 unspecified atom stereocenters. The van der Waals surface area contributed by atoms with Gasteiger partial charge in [0.05, 0.1) is 4.47 Å². The number of benzene rings is 3. The summed E-state index contributed by atoms with van der Waals surface area (Å²) in [4.78, 5) is 0. The molecule has 128 valence electrons. The molecule has 0 amide bonds. The zero-order valence-electron chi connectivity index (χ0n) is 13.3. The molecule has 3 aromatic rings. The lowest BCUT2D eigenvalue weighted by molar-refractivity contribution is 0.301. The standard InChI is InChI=1S/C20H16Br3NO/c21-16-8-6-14(7-9-16)13-25-20-15(10-17(22)11-19(20)23)12-24-18-4-2-1-3-5-18/h1-11,24H,12-13H2. The Kier molecular flexibility index (Phi) is 6.57. The molecule has 0 heterocycles. The smallest absolute Gasteiger partial charge is 0.139 e. The van der Waals surface area contributed by atoms with Crippen molar-refractivity contribution in [3.05, 3.63) is 91.3 Å². The van der Waals surface area contributed by atoms with Crippen molar-refractivity contribution in [1.82, 2.24) is 0 Å². The lowest BCUT2D eigenvalue weighted by Crippen LogP contribution is -2.04. The second-order valence-corrected chi connectivity index (χ2v) is 8.20. The average Bonchev–Trinajstić information content (AvgIpc) is 2.61. The number of hydrogen-bond donors (Lipinski definition) is 1. The third-order valence-corrected chi connectivity index (χ3v) is 5.21. The van der Waals surface area contributed by atoms with Crippen LogP contribution in [0.25, 0.3) is 0 Å². The van der Waals surface area contributed by atoms with E-state index in [2.05, 4.69) is 83.4 Å². The molecule has 1 N–H and O–H groups in total. The fourth-order valence-corrected chi connectivity index (χ4v) is 4.09. The first-order chi connectivity index (χ1) is 12.1. The fraction of sp³-hybridized carbons (Fsp3) is 0.100. The van der Waals surface area contributed by atoms with Gasteiger partial charge in [-0.1, -0.05) is 62.2 Å². The minimum atomic E-state index is 0.520. The van der Waals surface area contributed by atoms with Crippen molar-refractivity contribution < 1.29 is 4.74 Å². The summed E-state index contributed by atoms with van der Waals surface area (Å²) in [6, 6.07) is 22.4. The third-order valence-electron chi connectivity index (χ3n) is 3.64. The van der Waals surface area contributed by atoms with Crippen LogP contribution < -0.4 is 10.1 Å². The molecular weight excluding hydrogens is 510 g/mol. The largest absolute Gasteiger partial charge is 0.487 e. The summed E-state index contributed by atoms with van der Waals surface area (Å²) in [5, 5.41) is 3.43. The number of ether oxygens (including phenoxy) is 1. The van der Waals surface area contributed by atoms with Crippen LogP contribution in [0.2, 0.25) is 0 Å². The maximum absolute atomic E-state index is 6.11. The summed E-state index contributed by atoms with van der Waals surface area (Å²) in [6.45, 7) is 1.20. The Morgan fingerprint density at radius 3 is 2.24 bits per heavy atom. The highest BCUT2D eigenvalue weighted by atomic mass is 79.9. The molecule has 0 fully saturated rings. The van der Waals surface area contributed by atoms with E-state index in [-0.39, 0.29) is 0 Å². The van der Waals surface area contributed by atoms with Crippen LogP contribution in [-0.4, -0.2) is 0 Å². The first-order valence-corrected chi connectivity index (χ1v) is 10.1. The van der Waals surface area contributed by atoms with Crippen molar-refractivity contribution in [2.24, 2.45) is 0 Å². The van der Waals surface area contributed by atoms with Gasteiger partial charge < -0.3 is 10.1 Å². The Hall–Kier alpha value is -1.30. The molecule has 3 rings (SSSR count). The number of anilines is 1. The van der Waals surface area contributed by atoms with Crippen molar-refractivity contribution in [1.29, 1.82) is 0 Å². The van der Waals surface area contributed by atoms with Gasteiger partial charge in [-0.3, -0.25) is 0 Å².